The van der Waals surface area contributed by atoms with Gasteiger partial charge in [0.15, 0.2) is 0 Å². The highest BCUT2D eigenvalue weighted by atomic mass is 32.2. The van der Waals surface area contributed by atoms with Gasteiger partial charge >= 0.3 is 0 Å². The topological polar surface area (TPSA) is 41.6 Å². The Morgan fingerprint density at radius 1 is 1.24 bits per heavy atom. The first-order valence-electron chi connectivity index (χ1n) is 8.61. The smallest absolute Gasteiger partial charge is 0.241 e. The minimum atomic E-state index is -0.0802. The van der Waals surface area contributed by atoms with Crippen molar-refractivity contribution in [3.05, 3.63) is 65.2 Å². The van der Waals surface area contributed by atoms with Crippen LogP contribution in [0.4, 0.5) is 0 Å². The number of amides is 1. The zero-order valence-electron chi connectivity index (χ0n) is 14.3. The molecule has 2 aromatic rings. The van der Waals surface area contributed by atoms with E-state index in [4.69, 9.17) is 4.74 Å². The lowest BCUT2D eigenvalue weighted by Gasteiger charge is -2.39. The van der Waals surface area contributed by atoms with Crippen molar-refractivity contribution in [3.8, 4) is 5.75 Å². The van der Waals surface area contributed by atoms with E-state index in [1.165, 1.54) is 11.1 Å². The molecule has 2 aliphatic rings. The van der Waals surface area contributed by atoms with Gasteiger partial charge in [-0.05, 0) is 35.2 Å². The van der Waals surface area contributed by atoms with Crippen molar-refractivity contribution in [2.75, 3.05) is 25.3 Å². The van der Waals surface area contributed by atoms with E-state index in [0.29, 0.717) is 0 Å². The number of hydrogen-bond donors (Lipinski definition) is 1. The predicted octanol–water partition coefficient (Wildman–Crippen LogP) is 2.83. The summed E-state index contributed by atoms with van der Waals surface area (Å²) in [6.07, 6.45) is 0.905. The number of nitrogens with zero attached hydrogens (tertiary/aromatic N) is 1. The van der Waals surface area contributed by atoms with E-state index >= 15 is 0 Å². The van der Waals surface area contributed by atoms with Gasteiger partial charge in [0.05, 0.1) is 19.2 Å². The molecule has 2 aliphatic heterocycles. The van der Waals surface area contributed by atoms with Gasteiger partial charge in [0.2, 0.25) is 5.91 Å². The molecule has 0 aromatic heterocycles. The summed E-state index contributed by atoms with van der Waals surface area (Å²) in [5.41, 5.74) is 3.65. The maximum absolute atomic E-state index is 13.2. The van der Waals surface area contributed by atoms with Crippen LogP contribution in [0.2, 0.25) is 0 Å². The first kappa shape index (κ1) is 16.5. The van der Waals surface area contributed by atoms with Crippen LogP contribution < -0.4 is 10.1 Å². The molecule has 2 aromatic carbocycles. The predicted molar refractivity (Wildman–Crippen MR) is 101 cm³/mol. The van der Waals surface area contributed by atoms with Crippen molar-refractivity contribution >= 4 is 17.7 Å². The van der Waals surface area contributed by atoms with Crippen LogP contribution in [0.3, 0.4) is 0 Å². The highest BCUT2D eigenvalue weighted by Gasteiger charge is 2.36. The molecule has 25 heavy (non-hydrogen) atoms. The second-order valence-electron chi connectivity index (χ2n) is 6.43. The summed E-state index contributed by atoms with van der Waals surface area (Å²) >= 11 is 1.78. The van der Waals surface area contributed by atoms with Gasteiger partial charge in [-0.3, -0.25) is 10.1 Å². The average Bonchev–Trinajstić information content (AvgIpc) is 3.21. The lowest BCUT2D eigenvalue weighted by atomic mass is 9.87. The molecule has 2 atom stereocenters. The molecule has 2 heterocycles. The Balaban J connectivity index is 1.76. The van der Waals surface area contributed by atoms with E-state index < -0.39 is 0 Å². The van der Waals surface area contributed by atoms with Crippen LogP contribution in [0.5, 0.6) is 5.75 Å². The lowest BCUT2D eigenvalue weighted by molar-refractivity contribution is -0.134. The molecule has 1 saturated heterocycles. The fourth-order valence-corrected chi connectivity index (χ4v) is 4.66. The number of nitrogens with one attached hydrogen (secondary N) is 1. The van der Waals surface area contributed by atoms with Crippen molar-refractivity contribution in [1.29, 1.82) is 0 Å². The normalized spacial score (nSPS) is 22.5. The summed E-state index contributed by atoms with van der Waals surface area (Å²) in [6, 6.07) is 16.4. The van der Waals surface area contributed by atoms with E-state index in [0.717, 1.165) is 35.9 Å². The summed E-state index contributed by atoms with van der Waals surface area (Å²) < 4.78 is 5.41. The largest absolute Gasteiger partial charge is 0.497 e. The molecule has 0 saturated carbocycles. The average molecular weight is 354 g/mol. The van der Waals surface area contributed by atoms with Crippen LogP contribution in [0, 0.1) is 0 Å². The highest BCUT2D eigenvalue weighted by Crippen LogP contribution is 2.37. The fraction of sp³-hybridized carbons (Fsp3) is 0.350. The Hall–Kier alpha value is -1.98. The first-order chi connectivity index (χ1) is 12.3. The van der Waals surface area contributed by atoms with Crippen molar-refractivity contribution in [3.63, 3.8) is 0 Å². The van der Waals surface area contributed by atoms with Gasteiger partial charge in [0.25, 0.3) is 0 Å². The number of rotatable bonds is 3. The Morgan fingerprint density at radius 3 is 2.92 bits per heavy atom. The quantitative estimate of drug-likeness (QED) is 0.920. The van der Waals surface area contributed by atoms with Gasteiger partial charge in [-0.2, -0.15) is 0 Å². The van der Waals surface area contributed by atoms with Crippen molar-refractivity contribution in [2.45, 2.75) is 18.5 Å². The van der Waals surface area contributed by atoms with Gasteiger partial charge in [-0.1, -0.05) is 36.4 Å². The first-order valence-corrected chi connectivity index (χ1v) is 9.77. The molecule has 5 heteroatoms. The zero-order chi connectivity index (χ0) is 17.2. The summed E-state index contributed by atoms with van der Waals surface area (Å²) in [7, 11) is 1.68. The van der Waals surface area contributed by atoms with E-state index in [2.05, 4.69) is 35.6 Å². The zero-order valence-corrected chi connectivity index (χ0v) is 15.1. The fourth-order valence-electron chi connectivity index (χ4n) is 3.73. The number of fused-ring (bicyclic) bond motifs is 1. The van der Waals surface area contributed by atoms with Crippen LogP contribution in [-0.2, 0) is 11.2 Å². The number of carbonyl (C=O) groups excluding carboxylic acids is 1. The number of hydrogen-bond acceptors (Lipinski definition) is 4. The second kappa shape index (κ2) is 7.10. The van der Waals surface area contributed by atoms with E-state index in [1.54, 1.807) is 18.9 Å². The van der Waals surface area contributed by atoms with Gasteiger partial charge in [-0.25, -0.2) is 0 Å². The van der Waals surface area contributed by atoms with Crippen LogP contribution in [0.15, 0.2) is 48.5 Å². The molecule has 0 aliphatic carbocycles. The molecule has 1 amide bonds. The third-order valence-corrected chi connectivity index (χ3v) is 5.93. The summed E-state index contributed by atoms with van der Waals surface area (Å²) in [5.74, 6) is 2.72. The minimum absolute atomic E-state index is 0.0556. The Kier molecular flexibility index (Phi) is 4.68. The SMILES string of the molecule is COc1cccc(C2c3ccccc3CCN2C(=O)C2CSCN2)c1. The van der Waals surface area contributed by atoms with Crippen molar-refractivity contribution in [2.24, 2.45) is 0 Å². The van der Waals surface area contributed by atoms with Gasteiger partial charge in [0.1, 0.15) is 5.75 Å². The van der Waals surface area contributed by atoms with Gasteiger partial charge < -0.3 is 9.64 Å². The molecule has 0 spiro atoms. The molecule has 1 N–H and O–H groups in total. The number of benzene rings is 2. The molecule has 4 rings (SSSR count). The maximum atomic E-state index is 13.2. The monoisotopic (exact) mass is 354 g/mol. The van der Waals surface area contributed by atoms with Gasteiger partial charge in [-0.15, -0.1) is 11.8 Å². The number of thioether (sulfide) groups is 1. The molecule has 2 unspecified atom stereocenters. The molecule has 130 valence electrons. The van der Waals surface area contributed by atoms with E-state index in [-0.39, 0.29) is 18.0 Å². The summed E-state index contributed by atoms with van der Waals surface area (Å²) in [5, 5.41) is 3.32. The third-order valence-electron chi connectivity index (χ3n) is 4.99. The molecule has 4 nitrogen and oxygen atoms in total. The number of methoxy groups -OCH3 is 1. The van der Waals surface area contributed by atoms with E-state index in [9.17, 15) is 4.79 Å². The second-order valence-corrected chi connectivity index (χ2v) is 7.46. The highest BCUT2D eigenvalue weighted by molar-refractivity contribution is 7.99. The molecule has 1 fully saturated rings. The number of ether oxygens (including phenoxy) is 1. The van der Waals surface area contributed by atoms with Crippen LogP contribution >= 0.6 is 11.8 Å². The lowest BCUT2D eigenvalue weighted by Crippen LogP contribution is -2.49. The standard InChI is InChI=1S/C20H22N2O2S/c1-24-16-7-4-6-15(11-16)19-17-8-3-2-5-14(17)9-10-22(19)20(23)18-12-25-13-21-18/h2-8,11,18-19,21H,9-10,12-13H2,1H3. The van der Waals surface area contributed by atoms with E-state index in [1.807, 2.05) is 23.1 Å². The van der Waals surface area contributed by atoms with Crippen LogP contribution in [0.25, 0.3) is 0 Å². The van der Waals surface area contributed by atoms with Crippen molar-refractivity contribution < 1.29 is 9.53 Å². The molecular weight excluding hydrogens is 332 g/mol. The maximum Gasteiger partial charge on any atom is 0.241 e. The molecule has 0 radical (unpaired) electrons. The van der Waals surface area contributed by atoms with Gasteiger partial charge in [0, 0.05) is 18.2 Å². The third kappa shape index (κ3) is 3.14. The minimum Gasteiger partial charge on any atom is -0.497 e. The van der Waals surface area contributed by atoms with Crippen molar-refractivity contribution in [1.82, 2.24) is 10.2 Å². The molecular formula is C20H22N2O2S. The summed E-state index contributed by atoms with van der Waals surface area (Å²) in [4.78, 5) is 15.2. The van der Waals surface area contributed by atoms with Crippen LogP contribution in [0.1, 0.15) is 22.7 Å². The Bertz CT molecular complexity index is 774. The Labute approximate surface area is 152 Å². The molecule has 0 bridgehead atoms. The Morgan fingerprint density at radius 2 is 2.12 bits per heavy atom. The number of carbonyl (C=O) groups is 1. The van der Waals surface area contributed by atoms with Crippen LogP contribution in [-0.4, -0.2) is 42.1 Å². The summed E-state index contributed by atoms with van der Waals surface area (Å²) in [6.45, 7) is 0.751.